The molecular formula is C15H7FN4O. The van der Waals surface area contributed by atoms with Crippen LogP contribution in [0, 0.1) is 40.8 Å². The SMILES string of the molecule is C#Cc1ccc(F)cc1-c1c(C#N)c(N)[nH]c(=O)c1C#N. The van der Waals surface area contributed by atoms with Gasteiger partial charge in [0.2, 0.25) is 0 Å². The Balaban J connectivity index is 3.05. The molecule has 6 heteroatoms. The maximum Gasteiger partial charge on any atom is 0.268 e. The topological polar surface area (TPSA) is 106 Å². The molecule has 0 aliphatic rings. The maximum absolute atomic E-state index is 13.5. The summed E-state index contributed by atoms with van der Waals surface area (Å²) in [7, 11) is 0. The van der Waals surface area contributed by atoms with Crippen LogP contribution in [0.5, 0.6) is 0 Å². The van der Waals surface area contributed by atoms with E-state index in [9.17, 15) is 14.4 Å². The van der Waals surface area contributed by atoms with E-state index in [1.54, 1.807) is 12.1 Å². The van der Waals surface area contributed by atoms with Gasteiger partial charge in [-0.2, -0.15) is 10.5 Å². The van der Waals surface area contributed by atoms with E-state index in [4.69, 9.17) is 17.4 Å². The lowest BCUT2D eigenvalue weighted by atomic mass is 9.93. The lowest BCUT2D eigenvalue weighted by molar-refractivity contribution is 0.628. The summed E-state index contributed by atoms with van der Waals surface area (Å²) in [6.07, 6.45) is 5.34. The van der Waals surface area contributed by atoms with Crippen molar-refractivity contribution in [2.24, 2.45) is 0 Å². The van der Waals surface area contributed by atoms with Crippen molar-refractivity contribution in [1.29, 1.82) is 10.5 Å². The van der Waals surface area contributed by atoms with Gasteiger partial charge in [0, 0.05) is 16.7 Å². The van der Waals surface area contributed by atoms with Crippen molar-refractivity contribution in [1.82, 2.24) is 4.98 Å². The molecular weight excluding hydrogens is 271 g/mol. The van der Waals surface area contributed by atoms with Gasteiger partial charge >= 0.3 is 0 Å². The van der Waals surface area contributed by atoms with E-state index in [-0.39, 0.29) is 33.6 Å². The van der Waals surface area contributed by atoms with Gasteiger partial charge in [-0.25, -0.2) is 4.39 Å². The largest absolute Gasteiger partial charge is 0.384 e. The number of aromatic nitrogens is 1. The molecule has 0 radical (unpaired) electrons. The molecule has 1 aromatic carbocycles. The molecule has 0 spiro atoms. The summed E-state index contributed by atoms with van der Waals surface area (Å²) in [6, 6.07) is 7.02. The summed E-state index contributed by atoms with van der Waals surface area (Å²) in [6.45, 7) is 0. The second-order valence-electron chi connectivity index (χ2n) is 4.05. The predicted octanol–water partition coefficient (Wildman–Crippen LogP) is 1.49. The Morgan fingerprint density at radius 3 is 2.48 bits per heavy atom. The van der Waals surface area contributed by atoms with Crippen molar-refractivity contribution in [3.63, 3.8) is 0 Å². The third-order valence-electron chi connectivity index (χ3n) is 2.87. The monoisotopic (exact) mass is 278 g/mol. The van der Waals surface area contributed by atoms with Gasteiger partial charge in [-0.15, -0.1) is 6.42 Å². The van der Waals surface area contributed by atoms with Gasteiger partial charge < -0.3 is 10.7 Å². The predicted molar refractivity (Wildman–Crippen MR) is 74.2 cm³/mol. The fourth-order valence-electron chi connectivity index (χ4n) is 1.96. The van der Waals surface area contributed by atoms with E-state index in [1.165, 1.54) is 6.07 Å². The van der Waals surface area contributed by atoms with E-state index in [2.05, 4.69) is 10.9 Å². The molecule has 0 aliphatic heterocycles. The van der Waals surface area contributed by atoms with Crippen LogP contribution in [-0.2, 0) is 0 Å². The first-order valence-corrected chi connectivity index (χ1v) is 5.66. The number of anilines is 1. The quantitative estimate of drug-likeness (QED) is 0.770. The van der Waals surface area contributed by atoms with Gasteiger partial charge in [0.25, 0.3) is 5.56 Å². The summed E-state index contributed by atoms with van der Waals surface area (Å²) in [5.41, 5.74) is 4.63. The Bertz CT molecular complexity index is 923. The smallest absolute Gasteiger partial charge is 0.268 e. The lowest BCUT2D eigenvalue weighted by Crippen LogP contribution is -2.16. The average molecular weight is 278 g/mol. The number of nitrogens with two attached hydrogens (primary N) is 1. The number of hydrogen-bond donors (Lipinski definition) is 2. The van der Waals surface area contributed by atoms with Crippen LogP contribution in [0.2, 0.25) is 0 Å². The zero-order chi connectivity index (χ0) is 15.6. The van der Waals surface area contributed by atoms with Crippen LogP contribution in [0.15, 0.2) is 23.0 Å². The number of halogens is 1. The van der Waals surface area contributed by atoms with Gasteiger partial charge in [-0.3, -0.25) is 4.79 Å². The number of nitriles is 2. The van der Waals surface area contributed by atoms with Crippen molar-refractivity contribution in [2.45, 2.75) is 0 Å². The van der Waals surface area contributed by atoms with E-state index in [1.807, 2.05) is 0 Å². The number of aromatic amines is 1. The first-order valence-electron chi connectivity index (χ1n) is 5.66. The van der Waals surface area contributed by atoms with Crippen LogP contribution in [0.1, 0.15) is 16.7 Å². The number of nitrogens with zero attached hydrogens (tertiary/aromatic N) is 2. The van der Waals surface area contributed by atoms with Crippen LogP contribution in [0.3, 0.4) is 0 Å². The minimum atomic E-state index is -0.767. The molecule has 3 N–H and O–H groups in total. The molecule has 0 aliphatic carbocycles. The third-order valence-corrected chi connectivity index (χ3v) is 2.87. The normalized spacial score (nSPS) is 9.43. The zero-order valence-corrected chi connectivity index (χ0v) is 10.6. The zero-order valence-electron chi connectivity index (χ0n) is 10.6. The Morgan fingerprint density at radius 1 is 1.24 bits per heavy atom. The van der Waals surface area contributed by atoms with Crippen molar-refractivity contribution in [2.75, 3.05) is 5.73 Å². The molecule has 0 unspecified atom stereocenters. The molecule has 0 saturated heterocycles. The minimum absolute atomic E-state index is 0.0614. The highest BCUT2D eigenvalue weighted by molar-refractivity contribution is 5.83. The second kappa shape index (κ2) is 5.21. The highest BCUT2D eigenvalue weighted by atomic mass is 19.1. The summed E-state index contributed by atoms with van der Waals surface area (Å²) in [5, 5.41) is 18.3. The first-order chi connectivity index (χ1) is 10.0. The Hall–Kier alpha value is -3.56. The standard InChI is InChI=1S/C15H7FN4O/c1-2-8-3-4-9(16)5-10(8)13-11(6-17)14(19)20-15(21)12(13)7-18/h1,3-5H,(H3,19,20,21). The van der Waals surface area contributed by atoms with E-state index < -0.39 is 11.4 Å². The Labute approximate surface area is 119 Å². The maximum atomic E-state index is 13.5. The molecule has 100 valence electrons. The number of terminal acetylenes is 1. The highest BCUT2D eigenvalue weighted by Gasteiger charge is 2.20. The van der Waals surface area contributed by atoms with Crippen molar-refractivity contribution >= 4 is 5.82 Å². The van der Waals surface area contributed by atoms with Gasteiger partial charge in [-0.05, 0) is 18.2 Å². The van der Waals surface area contributed by atoms with Crippen LogP contribution < -0.4 is 11.3 Å². The van der Waals surface area contributed by atoms with E-state index in [0.29, 0.717) is 0 Å². The number of pyridine rings is 1. The Morgan fingerprint density at radius 2 is 1.90 bits per heavy atom. The number of rotatable bonds is 1. The first kappa shape index (κ1) is 13.9. The summed E-state index contributed by atoms with van der Waals surface area (Å²) >= 11 is 0. The Kier molecular flexibility index (Phi) is 3.44. The highest BCUT2D eigenvalue weighted by Crippen LogP contribution is 2.31. The lowest BCUT2D eigenvalue weighted by Gasteiger charge is -2.10. The molecule has 21 heavy (non-hydrogen) atoms. The average Bonchev–Trinajstić information content (AvgIpc) is 2.46. The molecule has 1 heterocycles. The molecule has 1 aromatic heterocycles. The number of benzene rings is 1. The minimum Gasteiger partial charge on any atom is -0.384 e. The van der Waals surface area contributed by atoms with Crippen LogP contribution in [0.4, 0.5) is 10.2 Å². The summed E-state index contributed by atoms with van der Waals surface area (Å²) in [5.74, 6) is 1.50. The van der Waals surface area contributed by atoms with Crippen LogP contribution in [-0.4, -0.2) is 4.98 Å². The van der Waals surface area contributed by atoms with E-state index in [0.717, 1.165) is 12.1 Å². The van der Waals surface area contributed by atoms with E-state index >= 15 is 0 Å². The van der Waals surface area contributed by atoms with Gasteiger partial charge in [0.15, 0.2) is 0 Å². The third kappa shape index (κ3) is 2.20. The number of nitrogen functional groups attached to an aromatic ring is 1. The van der Waals surface area contributed by atoms with Crippen LogP contribution >= 0.6 is 0 Å². The van der Waals surface area contributed by atoms with Gasteiger partial charge in [-0.1, -0.05) is 5.92 Å². The molecule has 2 rings (SSSR count). The van der Waals surface area contributed by atoms with Crippen molar-refractivity contribution in [3.8, 4) is 35.6 Å². The molecule has 0 atom stereocenters. The number of hydrogen-bond acceptors (Lipinski definition) is 4. The summed E-state index contributed by atoms with van der Waals surface area (Å²) < 4.78 is 13.5. The second-order valence-corrected chi connectivity index (χ2v) is 4.05. The molecule has 2 aromatic rings. The van der Waals surface area contributed by atoms with Crippen LogP contribution in [0.25, 0.3) is 11.1 Å². The van der Waals surface area contributed by atoms with Crippen molar-refractivity contribution < 1.29 is 4.39 Å². The molecule has 0 amide bonds. The number of H-pyrrole nitrogens is 1. The number of nitrogens with one attached hydrogen (secondary N) is 1. The van der Waals surface area contributed by atoms with Gasteiger partial charge in [0.1, 0.15) is 34.9 Å². The fourth-order valence-corrected chi connectivity index (χ4v) is 1.96. The summed E-state index contributed by atoms with van der Waals surface area (Å²) in [4.78, 5) is 14.0. The fraction of sp³-hybridized carbons (Fsp3) is 0. The van der Waals surface area contributed by atoms with Crippen molar-refractivity contribution in [3.05, 3.63) is 51.1 Å². The molecule has 0 bridgehead atoms. The molecule has 0 fully saturated rings. The van der Waals surface area contributed by atoms with Gasteiger partial charge in [0.05, 0.1) is 0 Å². The molecule has 5 nitrogen and oxygen atoms in total. The molecule has 0 saturated carbocycles.